The van der Waals surface area contributed by atoms with Crippen LogP contribution in [-0.4, -0.2) is 70.4 Å². The van der Waals surface area contributed by atoms with Crippen molar-refractivity contribution in [1.29, 1.82) is 0 Å². The second-order valence-electron chi connectivity index (χ2n) is 6.80. The summed E-state index contributed by atoms with van der Waals surface area (Å²) in [6, 6.07) is -4.47. The Kier molecular flexibility index (Phi) is 13.2. The molecule has 0 aromatic heterocycles. The molecule has 5 atom stereocenters. The van der Waals surface area contributed by atoms with Gasteiger partial charge < -0.3 is 32.5 Å². The lowest BCUT2D eigenvalue weighted by molar-refractivity contribution is -0.141. The number of carboxylic acid groups (broad SMARTS) is 1. The molecule has 0 fully saturated rings. The molecule has 0 rings (SSSR count). The highest BCUT2D eigenvalue weighted by Crippen LogP contribution is 2.07. The minimum Gasteiger partial charge on any atom is -0.480 e. The molecule has 0 aromatic rings. The normalized spacial score (nSPS) is 15.8. The number of nitrogens with one attached hydrogen (secondary N) is 3. The maximum absolute atomic E-state index is 12.7. The van der Waals surface area contributed by atoms with E-state index < -0.39 is 53.8 Å². The van der Waals surface area contributed by atoms with Crippen LogP contribution in [0.15, 0.2) is 0 Å². The molecule has 8 N–H and O–H groups in total. The van der Waals surface area contributed by atoms with Crippen LogP contribution in [0.5, 0.6) is 0 Å². The maximum Gasteiger partial charge on any atom is 0.327 e. The van der Waals surface area contributed by atoms with Crippen LogP contribution in [0, 0.1) is 5.92 Å². The van der Waals surface area contributed by atoms with Crippen molar-refractivity contribution in [2.45, 2.75) is 57.3 Å². The molecule has 172 valence electrons. The predicted octanol–water partition coefficient (Wildman–Crippen LogP) is -1.98. The molecular weight excluding hydrogens is 434 g/mol. The van der Waals surface area contributed by atoms with Crippen LogP contribution in [0.25, 0.3) is 0 Å². The molecule has 0 aliphatic rings. The molecule has 0 aliphatic carbocycles. The molecule has 0 radical (unpaired) electrons. The quantitative estimate of drug-likeness (QED) is 0.136. The van der Waals surface area contributed by atoms with Crippen molar-refractivity contribution >= 4 is 54.9 Å². The number of hydrogen-bond donors (Lipinski definition) is 8. The largest absolute Gasteiger partial charge is 0.480 e. The summed E-state index contributed by atoms with van der Waals surface area (Å²) >= 11 is 7.86. The summed E-state index contributed by atoms with van der Waals surface area (Å²) in [6.45, 7) is 3.64. The molecule has 11 nitrogen and oxygen atoms in total. The molecule has 0 aromatic carbocycles. The average Bonchev–Trinajstić information content (AvgIpc) is 2.70. The Labute approximate surface area is 186 Å². The van der Waals surface area contributed by atoms with Gasteiger partial charge in [0.15, 0.2) is 0 Å². The van der Waals surface area contributed by atoms with Crippen LogP contribution >= 0.6 is 25.3 Å². The summed E-state index contributed by atoms with van der Waals surface area (Å²) in [5, 5.41) is 16.1. The van der Waals surface area contributed by atoms with Crippen molar-refractivity contribution in [1.82, 2.24) is 16.0 Å². The van der Waals surface area contributed by atoms with Crippen molar-refractivity contribution in [2.24, 2.45) is 17.4 Å². The van der Waals surface area contributed by atoms with Crippen molar-refractivity contribution in [3.05, 3.63) is 0 Å². The van der Waals surface area contributed by atoms with Crippen LogP contribution in [-0.2, 0) is 24.0 Å². The zero-order valence-corrected chi connectivity index (χ0v) is 18.7. The van der Waals surface area contributed by atoms with Crippen LogP contribution in [0.2, 0.25) is 0 Å². The van der Waals surface area contributed by atoms with E-state index in [-0.39, 0.29) is 30.3 Å². The fourth-order valence-corrected chi connectivity index (χ4v) is 2.76. The molecule has 0 bridgehead atoms. The van der Waals surface area contributed by atoms with Gasteiger partial charge in [-0.1, -0.05) is 20.3 Å². The highest BCUT2D eigenvalue weighted by atomic mass is 32.1. The van der Waals surface area contributed by atoms with Gasteiger partial charge in [0.05, 0.1) is 6.04 Å². The highest BCUT2D eigenvalue weighted by molar-refractivity contribution is 7.80. The maximum atomic E-state index is 12.7. The molecule has 0 saturated heterocycles. The number of carboxylic acids is 1. The summed E-state index contributed by atoms with van der Waals surface area (Å²) in [5.41, 5.74) is 11.0. The van der Waals surface area contributed by atoms with Crippen LogP contribution < -0.4 is 27.4 Å². The minimum absolute atomic E-state index is 0.102. The van der Waals surface area contributed by atoms with Gasteiger partial charge in [-0.05, 0) is 12.3 Å². The Morgan fingerprint density at radius 3 is 1.80 bits per heavy atom. The van der Waals surface area contributed by atoms with E-state index in [2.05, 4.69) is 41.2 Å². The van der Waals surface area contributed by atoms with Crippen molar-refractivity contribution in [2.75, 3.05) is 11.5 Å². The summed E-state index contributed by atoms with van der Waals surface area (Å²) < 4.78 is 0. The Morgan fingerprint density at radius 2 is 1.37 bits per heavy atom. The lowest BCUT2D eigenvalue weighted by atomic mass is 9.98. The standard InChI is InChI=1S/C17H31N5O6S2/c1-3-8(2)13(19)16(26)20-9(4-5-12(18)23)14(24)21-10(6-29)15(25)22-11(7-30)17(27)28/h8-11,13,29-30H,3-7,19H2,1-2H3,(H2,18,23)(H,20,26)(H,21,24)(H,22,25)(H,27,28). The van der Waals surface area contributed by atoms with Gasteiger partial charge in [-0.25, -0.2) is 4.79 Å². The molecule has 30 heavy (non-hydrogen) atoms. The first-order valence-electron chi connectivity index (χ1n) is 9.37. The highest BCUT2D eigenvalue weighted by Gasteiger charge is 2.30. The third-order valence-corrected chi connectivity index (χ3v) is 5.22. The van der Waals surface area contributed by atoms with E-state index in [4.69, 9.17) is 16.6 Å². The van der Waals surface area contributed by atoms with Crippen molar-refractivity contribution < 1.29 is 29.1 Å². The number of hydrogen-bond acceptors (Lipinski definition) is 8. The van der Waals surface area contributed by atoms with Crippen molar-refractivity contribution in [3.63, 3.8) is 0 Å². The van der Waals surface area contributed by atoms with Gasteiger partial charge in [-0.2, -0.15) is 25.3 Å². The first kappa shape index (κ1) is 28.0. The first-order chi connectivity index (χ1) is 14.0. The molecule has 0 heterocycles. The van der Waals surface area contributed by atoms with Crippen LogP contribution in [0.3, 0.4) is 0 Å². The number of carbonyl (C=O) groups excluding carboxylic acids is 4. The van der Waals surface area contributed by atoms with Gasteiger partial charge in [0.2, 0.25) is 23.6 Å². The number of aliphatic carboxylic acids is 1. The van der Waals surface area contributed by atoms with E-state index in [0.717, 1.165) is 0 Å². The van der Waals surface area contributed by atoms with Crippen LogP contribution in [0.4, 0.5) is 0 Å². The minimum atomic E-state index is -1.28. The van der Waals surface area contributed by atoms with E-state index >= 15 is 0 Å². The fraction of sp³-hybridized carbons (Fsp3) is 0.706. The predicted molar refractivity (Wildman–Crippen MR) is 117 cm³/mol. The van der Waals surface area contributed by atoms with Gasteiger partial charge in [0, 0.05) is 17.9 Å². The molecule has 4 amide bonds. The first-order valence-corrected chi connectivity index (χ1v) is 10.6. The lowest BCUT2D eigenvalue weighted by Gasteiger charge is -2.25. The number of thiol groups is 2. The Balaban J connectivity index is 5.27. The second-order valence-corrected chi connectivity index (χ2v) is 7.53. The number of rotatable bonds is 14. The van der Waals surface area contributed by atoms with Crippen molar-refractivity contribution in [3.8, 4) is 0 Å². The van der Waals surface area contributed by atoms with Gasteiger partial charge in [0.25, 0.3) is 0 Å². The lowest BCUT2D eigenvalue weighted by Crippen LogP contribution is -2.58. The van der Waals surface area contributed by atoms with E-state index in [1.165, 1.54) is 0 Å². The topological polar surface area (TPSA) is 194 Å². The third-order valence-electron chi connectivity index (χ3n) is 4.48. The van der Waals surface area contributed by atoms with E-state index in [1.807, 2.05) is 6.92 Å². The molecule has 5 unspecified atom stereocenters. The summed E-state index contributed by atoms with van der Waals surface area (Å²) in [7, 11) is 0. The molecule has 0 aliphatic heterocycles. The van der Waals surface area contributed by atoms with Gasteiger partial charge in [-0.15, -0.1) is 0 Å². The Hall–Kier alpha value is -1.99. The smallest absolute Gasteiger partial charge is 0.327 e. The fourth-order valence-electron chi connectivity index (χ4n) is 2.26. The number of carbonyl (C=O) groups is 5. The van der Waals surface area contributed by atoms with Gasteiger partial charge >= 0.3 is 5.97 Å². The number of primary amides is 1. The van der Waals surface area contributed by atoms with E-state index in [9.17, 15) is 24.0 Å². The molecule has 13 heteroatoms. The van der Waals surface area contributed by atoms with Gasteiger partial charge in [-0.3, -0.25) is 19.2 Å². The third kappa shape index (κ3) is 9.67. The zero-order chi connectivity index (χ0) is 23.4. The monoisotopic (exact) mass is 465 g/mol. The van der Waals surface area contributed by atoms with E-state index in [1.54, 1.807) is 6.92 Å². The van der Waals surface area contributed by atoms with E-state index in [0.29, 0.717) is 6.42 Å². The number of nitrogens with two attached hydrogens (primary N) is 2. The summed E-state index contributed by atoms with van der Waals surface area (Å²) in [4.78, 5) is 59.4. The Bertz CT molecular complexity index is 636. The SMILES string of the molecule is CCC(C)C(N)C(=O)NC(CCC(N)=O)C(=O)NC(CS)C(=O)NC(CS)C(=O)O. The zero-order valence-electron chi connectivity index (χ0n) is 17.0. The average molecular weight is 466 g/mol. The van der Waals surface area contributed by atoms with Crippen LogP contribution in [0.1, 0.15) is 33.1 Å². The summed E-state index contributed by atoms with van der Waals surface area (Å²) in [6.07, 6.45) is 0.357. The molecule has 0 spiro atoms. The van der Waals surface area contributed by atoms with Gasteiger partial charge in [0.1, 0.15) is 18.1 Å². The molecular formula is C17H31N5O6S2. The number of amides is 4. The summed E-state index contributed by atoms with van der Waals surface area (Å²) in [5.74, 6) is -4.51. The molecule has 0 saturated carbocycles. The Morgan fingerprint density at radius 1 is 0.900 bits per heavy atom. The second kappa shape index (κ2) is 14.1.